The summed E-state index contributed by atoms with van der Waals surface area (Å²) in [7, 11) is 0. The molecule has 1 amide bonds. The largest absolute Gasteiger partial charge is 0.395 e. The van der Waals surface area contributed by atoms with E-state index in [2.05, 4.69) is 18.0 Å². The summed E-state index contributed by atoms with van der Waals surface area (Å²) in [5, 5.41) is 20.9. The average Bonchev–Trinajstić information content (AvgIpc) is 2.78. The van der Waals surface area contributed by atoms with Gasteiger partial charge in [0.1, 0.15) is 5.54 Å². The number of nitrogens with zero attached hydrogens (tertiary/aromatic N) is 2. The van der Waals surface area contributed by atoms with E-state index in [-0.39, 0.29) is 19.1 Å². The lowest BCUT2D eigenvalue weighted by Crippen LogP contribution is -2.49. The molecule has 0 heterocycles. The van der Waals surface area contributed by atoms with Crippen LogP contribution in [-0.2, 0) is 4.79 Å². The van der Waals surface area contributed by atoms with E-state index in [0.29, 0.717) is 13.1 Å². The second-order valence-corrected chi connectivity index (χ2v) is 4.70. The Bertz CT molecular complexity index is 330. The number of nitriles is 1. The molecule has 5 nitrogen and oxygen atoms in total. The predicted molar refractivity (Wildman–Crippen MR) is 68.7 cm³/mol. The highest BCUT2D eigenvalue weighted by molar-refractivity contribution is 5.79. The Kier molecular flexibility index (Phi) is 5.83. The van der Waals surface area contributed by atoms with Crippen LogP contribution in [-0.4, -0.2) is 47.7 Å². The molecule has 0 aromatic carbocycles. The van der Waals surface area contributed by atoms with Gasteiger partial charge in [-0.3, -0.25) is 9.69 Å². The van der Waals surface area contributed by atoms with Crippen molar-refractivity contribution >= 4 is 5.91 Å². The van der Waals surface area contributed by atoms with Crippen LogP contribution < -0.4 is 5.32 Å². The van der Waals surface area contributed by atoms with Crippen LogP contribution in [0.4, 0.5) is 0 Å². The summed E-state index contributed by atoms with van der Waals surface area (Å²) >= 11 is 0. The molecule has 0 bridgehead atoms. The molecule has 1 fully saturated rings. The monoisotopic (exact) mass is 251 g/mol. The summed E-state index contributed by atoms with van der Waals surface area (Å²) in [5.74, 6) is -0.159. The molecule has 1 aliphatic carbocycles. The fourth-order valence-corrected chi connectivity index (χ4v) is 2.31. The number of carbonyl (C=O) groups excluding carboxylic acids is 1. The van der Waals surface area contributed by atoms with Crippen LogP contribution in [0.25, 0.3) is 0 Å². The number of nitrogens with one attached hydrogen (secondary N) is 1. The van der Waals surface area contributed by atoms with Gasteiger partial charge in [0.05, 0.1) is 19.2 Å². The molecular formula is C13H21N3O2. The van der Waals surface area contributed by atoms with Crippen molar-refractivity contribution in [1.29, 1.82) is 5.26 Å². The van der Waals surface area contributed by atoms with Crippen LogP contribution in [0.3, 0.4) is 0 Å². The maximum absolute atomic E-state index is 11.9. The lowest BCUT2D eigenvalue weighted by atomic mass is 10.00. The topological polar surface area (TPSA) is 76.4 Å². The zero-order chi connectivity index (χ0) is 13.4. The number of hydrogen-bond donors (Lipinski definition) is 2. The van der Waals surface area contributed by atoms with Crippen LogP contribution in [0.1, 0.15) is 25.7 Å². The average molecular weight is 251 g/mol. The van der Waals surface area contributed by atoms with Crippen molar-refractivity contribution in [2.75, 3.05) is 26.2 Å². The van der Waals surface area contributed by atoms with Crippen LogP contribution in [0.5, 0.6) is 0 Å². The summed E-state index contributed by atoms with van der Waals surface area (Å²) in [4.78, 5) is 13.7. The number of amides is 1. The summed E-state index contributed by atoms with van der Waals surface area (Å²) in [6.07, 6.45) is 5.13. The third-order valence-electron chi connectivity index (χ3n) is 3.22. The van der Waals surface area contributed by atoms with Crippen LogP contribution in [0, 0.1) is 11.3 Å². The van der Waals surface area contributed by atoms with E-state index in [1.54, 1.807) is 11.0 Å². The van der Waals surface area contributed by atoms with E-state index in [4.69, 9.17) is 5.11 Å². The Balaban J connectivity index is 2.48. The van der Waals surface area contributed by atoms with Crippen LogP contribution in [0.15, 0.2) is 12.7 Å². The van der Waals surface area contributed by atoms with E-state index in [1.165, 1.54) is 0 Å². The Morgan fingerprint density at radius 2 is 2.22 bits per heavy atom. The van der Waals surface area contributed by atoms with E-state index in [9.17, 15) is 10.1 Å². The zero-order valence-corrected chi connectivity index (χ0v) is 10.7. The summed E-state index contributed by atoms with van der Waals surface area (Å²) in [6.45, 7) is 4.79. The minimum atomic E-state index is -0.670. The van der Waals surface area contributed by atoms with Gasteiger partial charge in [0, 0.05) is 13.1 Å². The molecule has 18 heavy (non-hydrogen) atoms. The molecule has 0 aliphatic heterocycles. The molecule has 0 saturated heterocycles. The van der Waals surface area contributed by atoms with Crippen LogP contribution >= 0.6 is 0 Å². The molecular weight excluding hydrogens is 230 g/mol. The van der Waals surface area contributed by atoms with Crippen LogP contribution in [0.2, 0.25) is 0 Å². The van der Waals surface area contributed by atoms with Gasteiger partial charge in [-0.25, -0.2) is 0 Å². The minimum absolute atomic E-state index is 0.00448. The lowest BCUT2D eigenvalue weighted by molar-refractivity contribution is -0.123. The third kappa shape index (κ3) is 4.13. The molecule has 0 aromatic heterocycles. The predicted octanol–water partition coefficient (Wildman–Crippen LogP) is 0.419. The molecule has 1 rings (SSSR count). The number of carbonyl (C=O) groups is 1. The molecule has 0 radical (unpaired) electrons. The SMILES string of the molecule is C=CCN(CCO)CC(=O)NC1(C#N)CCCC1. The van der Waals surface area contributed by atoms with Gasteiger partial charge in [0.25, 0.3) is 0 Å². The highest BCUT2D eigenvalue weighted by Gasteiger charge is 2.35. The molecule has 0 aromatic rings. The molecule has 0 unspecified atom stereocenters. The second-order valence-electron chi connectivity index (χ2n) is 4.70. The van der Waals surface area contributed by atoms with E-state index < -0.39 is 5.54 Å². The Hall–Kier alpha value is -1.38. The summed E-state index contributed by atoms with van der Waals surface area (Å²) < 4.78 is 0. The first-order chi connectivity index (χ1) is 8.65. The smallest absolute Gasteiger partial charge is 0.235 e. The van der Waals surface area contributed by atoms with Gasteiger partial charge < -0.3 is 10.4 Å². The maximum Gasteiger partial charge on any atom is 0.235 e. The van der Waals surface area contributed by atoms with E-state index >= 15 is 0 Å². The maximum atomic E-state index is 11.9. The van der Waals surface area contributed by atoms with E-state index in [0.717, 1.165) is 25.7 Å². The third-order valence-corrected chi connectivity index (χ3v) is 3.22. The fourth-order valence-electron chi connectivity index (χ4n) is 2.31. The Morgan fingerprint density at radius 1 is 1.56 bits per heavy atom. The zero-order valence-electron chi connectivity index (χ0n) is 10.7. The van der Waals surface area contributed by atoms with Crippen molar-refractivity contribution in [2.45, 2.75) is 31.2 Å². The van der Waals surface area contributed by atoms with Gasteiger partial charge in [-0.15, -0.1) is 6.58 Å². The summed E-state index contributed by atoms with van der Waals surface area (Å²) in [6, 6.07) is 2.23. The minimum Gasteiger partial charge on any atom is -0.395 e. The standard InChI is InChI=1S/C13H21N3O2/c1-2-7-16(8-9-17)10-12(18)15-13(11-14)5-3-4-6-13/h2,17H,1,3-10H2,(H,15,18). The van der Waals surface area contributed by atoms with Crippen molar-refractivity contribution in [2.24, 2.45) is 0 Å². The van der Waals surface area contributed by atoms with Crippen molar-refractivity contribution in [3.63, 3.8) is 0 Å². The quantitative estimate of drug-likeness (QED) is 0.643. The fraction of sp³-hybridized carbons (Fsp3) is 0.692. The number of aliphatic hydroxyl groups excluding tert-OH is 1. The normalized spacial score (nSPS) is 17.4. The lowest BCUT2D eigenvalue weighted by Gasteiger charge is -2.25. The highest BCUT2D eigenvalue weighted by atomic mass is 16.3. The number of rotatable bonds is 7. The second kappa shape index (κ2) is 7.14. The first-order valence-corrected chi connectivity index (χ1v) is 6.32. The van der Waals surface area contributed by atoms with E-state index in [1.807, 2.05) is 0 Å². The van der Waals surface area contributed by atoms with Gasteiger partial charge in [0.2, 0.25) is 5.91 Å². The van der Waals surface area contributed by atoms with Crippen molar-refractivity contribution in [3.05, 3.63) is 12.7 Å². The Morgan fingerprint density at radius 3 is 2.72 bits per heavy atom. The molecule has 0 atom stereocenters. The molecule has 0 spiro atoms. The van der Waals surface area contributed by atoms with Crippen molar-refractivity contribution < 1.29 is 9.90 Å². The molecule has 1 saturated carbocycles. The molecule has 100 valence electrons. The number of aliphatic hydroxyl groups is 1. The van der Waals surface area contributed by atoms with Crippen molar-refractivity contribution in [3.8, 4) is 6.07 Å². The molecule has 5 heteroatoms. The Labute approximate surface area is 108 Å². The summed E-state index contributed by atoms with van der Waals surface area (Å²) in [5.41, 5.74) is -0.670. The van der Waals surface area contributed by atoms with Crippen molar-refractivity contribution in [1.82, 2.24) is 10.2 Å². The van der Waals surface area contributed by atoms with Gasteiger partial charge in [-0.2, -0.15) is 5.26 Å². The molecule has 1 aliphatic rings. The highest BCUT2D eigenvalue weighted by Crippen LogP contribution is 2.28. The first-order valence-electron chi connectivity index (χ1n) is 6.32. The van der Waals surface area contributed by atoms with Gasteiger partial charge in [-0.1, -0.05) is 6.08 Å². The number of hydrogen-bond acceptors (Lipinski definition) is 4. The molecule has 2 N–H and O–H groups in total. The van der Waals surface area contributed by atoms with Gasteiger partial charge >= 0.3 is 0 Å². The van der Waals surface area contributed by atoms with Gasteiger partial charge in [0.15, 0.2) is 0 Å². The van der Waals surface area contributed by atoms with Gasteiger partial charge in [-0.05, 0) is 25.7 Å². The first kappa shape index (κ1) is 14.7.